The molecule has 0 heterocycles. The molecular weight excluding hydrogens is 258 g/mol. The zero-order valence-corrected chi connectivity index (χ0v) is 12.6. The summed E-state index contributed by atoms with van der Waals surface area (Å²) in [5, 5.41) is 3.45. The number of nitrogens with one attached hydrogen (secondary N) is 1. The molecule has 0 aliphatic heterocycles. The van der Waals surface area contributed by atoms with Crippen molar-refractivity contribution in [1.29, 1.82) is 0 Å². The Hall–Kier alpha value is -1.80. The van der Waals surface area contributed by atoms with Crippen LogP contribution in [0.25, 0.3) is 0 Å². The van der Waals surface area contributed by atoms with Gasteiger partial charge in [-0.2, -0.15) is 0 Å². The van der Waals surface area contributed by atoms with Gasteiger partial charge in [-0.3, -0.25) is 0 Å². The van der Waals surface area contributed by atoms with Gasteiger partial charge in [0.15, 0.2) is 0 Å². The van der Waals surface area contributed by atoms with Crippen LogP contribution < -0.4 is 10.1 Å². The van der Waals surface area contributed by atoms with Crippen molar-refractivity contribution in [3.8, 4) is 11.5 Å². The lowest BCUT2D eigenvalue weighted by Gasteiger charge is -2.29. The zero-order valence-electron chi connectivity index (χ0n) is 12.6. The molecule has 2 aromatic carbocycles. The summed E-state index contributed by atoms with van der Waals surface area (Å²) in [6, 6.07) is 18.9. The third-order valence-corrected chi connectivity index (χ3v) is 4.40. The van der Waals surface area contributed by atoms with Crippen LogP contribution in [0.2, 0.25) is 0 Å². The van der Waals surface area contributed by atoms with E-state index < -0.39 is 0 Å². The fourth-order valence-electron chi connectivity index (χ4n) is 2.88. The smallest absolute Gasteiger partial charge is 0.127 e. The van der Waals surface area contributed by atoms with Crippen LogP contribution in [-0.4, -0.2) is 7.05 Å². The Bertz CT molecular complexity index is 546. The summed E-state index contributed by atoms with van der Waals surface area (Å²) < 4.78 is 5.84. The molecule has 110 valence electrons. The molecule has 1 aliphatic carbocycles. The second-order valence-electron chi connectivity index (χ2n) is 5.86. The van der Waals surface area contributed by atoms with E-state index in [9.17, 15) is 0 Å². The molecule has 1 atom stereocenters. The minimum atomic E-state index is 0.459. The van der Waals surface area contributed by atoms with Gasteiger partial charge in [0.25, 0.3) is 0 Å². The summed E-state index contributed by atoms with van der Waals surface area (Å²) in [5.41, 5.74) is 1.35. The maximum absolute atomic E-state index is 5.84. The third-order valence-electron chi connectivity index (χ3n) is 4.40. The molecule has 21 heavy (non-hydrogen) atoms. The van der Waals surface area contributed by atoms with Gasteiger partial charge < -0.3 is 10.1 Å². The average molecular weight is 281 g/mol. The maximum atomic E-state index is 5.84. The van der Waals surface area contributed by atoms with Gasteiger partial charge in [0.1, 0.15) is 11.5 Å². The highest BCUT2D eigenvalue weighted by Crippen LogP contribution is 2.35. The first-order chi connectivity index (χ1) is 10.3. The Kier molecular flexibility index (Phi) is 4.56. The SMILES string of the molecule is CNC(CC1CCC1)c1ccc(Oc2ccccc2)cc1. The van der Waals surface area contributed by atoms with Crippen molar-refractivity contribution in [1.82, 2.24) is 5.32 Å². The van der Waals surface area contributed by atoms with E-state index in [0.29, 0.717) is 6.04 Å². The lowest BCUT2D eigenvalue weighted by molar-refractivity contribution is 0.265. The number of benzene rings is 2. The molecule has 3 rings (SSSR count). The second kappa shape index (κ2) is 6.77. The van der Waals surface area contributed by atoms with Crippen LogP contribution in [-0.2, 0) is 0 Å². The number of ether oxygens (including phenoxy) is 1. The molecule has 1 unspecified atom stereocenters. The van der Waals surface area contributed by atoms with Gasteiger partial charge >= 0.3 is 0 Å². The van der Waals surface area contributed by atoms with Crippen LogP contribution in [0.15, 0.2) is 54.6 Å². The predicted molar refractivity (Wildman–Crippen MR) is 86.7 cm³/mol. The maximum Gasteiger partial charge on any atom is 0.127 e. The van der Waals surface area contributed by atoms with E-state index in [4.69, 9.17) is 4.74 Å². The Morgan fingerprint density at radius 2 is 1.67 bits per heavy atom. The molecule has 1 saturated carbocycles. The van der Waals surface area contributed by atoms with Crippen LogP contribution in [0, 0.1) is 5.92 Å². The second-order valence-corrected chi connectivity index (χ2v) is 5.86. The van der Waals surface area contributed by atoms with E-state index in [2.05, 4.69) is 36.6 Å². The first-order valence-electron chi connectivity index (χ1n) is 7.85. The van der Waals surface area contributed by atoms with Crippen molar-refractivity contribution >= 4 is 0 Å². The van der Waals surface area contributed by atoms with Gasteiger partial charge in [0, 0.05) is 6.04 Å². The number of hydrogen-bond donors (Lipinski definition) is 1. The minimum Gasteiger partial charge on any atom is -0.457 e. The number of para-hydroxylation sites is 1. The Morgan fingerprint density at radius 3 is 2.24 bits per heavy atom. The van der Waals surface area contributed by atoms with Crippen molar-refractivity contribution in [2.45, 2.75) is 31.7 Å². The summed E-state index contributed by atoms with van der Waals surface area (Å²) in [6.45, 7) is 0. The van der Waals surface area contributed by atoms with E-state index >= 15 is 0 Å². The van der Waals surface area contributed by atoms with E-state index in [1.54, 1.807) is 0 Å². The lowest BCUT2D eigenvalue weighted by Crippen LogP contribution is -2.23. The summed E-state index contributed by atoms with van der Waals surface area (Å²) in [7, 11) is 2.05. The number of rotatable bonds is 6. The molecule has 0 radical (unpaired) electrons. The van der Waals surface area contributed by atoms with E-state index in [1.165, 1.54) is 31.2 Å². The number of hydrogen-bond acceptors (Lipinski definition) is 2. The van der Waals surface area contributed by atoms with Crippen LogP contribution in [0.1, 0.15) is 37.3 Å². The van der Waals surface area contributed by atoms with E-state index in [-0.39, 0.29) is 0 Å². The van der Waals surface area contributed by atoms with Crippen LogP contribution >= 0.6 is 0 Å². The molecular formula is C19H23NO. The lowest BCUT2D eigenvalue weighted by atomic mass is 9.79. The van der Waals surface area contributed by atoms with Gasteiger partial charge in [-0.1, -0.05) is 49.6 Å². The molecule has 2 heteroatoms. The summed E-state index contributed by atoms with van der Waals surface area (Å²) in [6.07, 6.45) is 5.45. The van der Waals surface area contributed by atoms with Gasteiger partial charge in [0.2, 0.25) is 0 Å². The topological polar surface area (TPSA) is 21.3 Å². The van der Waals surface area contributed by atoms with Crippen LogP contribution in [0.5, 0.6) is 11.5 Å². The van der Waals surface area contributed by atoms with Gasteiger partial charge in [-0.05, 0) is 49.2 Å². The molecule has 0 saturated heterocycles. The Balaban J connectivity index is 1.64. The van der Waals surface area contributed by atoms with Crippen LogP contribution in [0.3, 0.4) is 0 Å². The summed E-state index contributed by atoms with van der Waals surface area (Å²) in [4.78, 5) is 0. The highest BCUT2D eigenvalue weighted by Gasteiger charge is 2.22. The molecule has 0 bridgehead atoms. The quantitative estimate of drug-likeness (QED) is 0.810. The van der Waals surface area contributed by atoms with Crippen molar-refractivity contribution in [3.63, 3.8) is 0 Å². The molecule has 1 fully saturated rings. The van der Waals surface area contributed by atoms with Gasteiger partial charge in [-0.25, -0.2) is 0 Å². The molecule has 2 nitrogen and oxygen atoms in total. The minimum absolute atomic E-state index is 0.459. The highest BCUT2D eigenvalue weighted by molar-refractivity contribution is 5.34. The predicted octanol–water partition coefficient (Wildman–Crippen LogP) is 4.93. The molecule has 0 aromatic heterocycles. The Labute approximate surface area is 127 Å². The van der Waals surface area contributed by atoms with Gasteiger partial charge in [0.05, 0.1) is 0 Å². The molecule has 0 amide bonds. The van der Waals surface area contributed by atoms with Crippen molar-refractivity contribution in [2.75, 3.05) is 7.05 Å². The van der Waals surface area contributed by atoms with Crippen molar-refractivity contribution in [2.24, 2.45) is 5.92 Å². The average Bonchev–Trinajstić information content (AvgIpc) is 2.49. The van der Waals surface area contributed by atoms with Crippen LogP contribution in [0.4, 0.5) is 0 Å². The standard InChI is InChI=1S/C19H23NO/c1-20-19(14-15-6-5-7-15)16-10-12-18(13-11-16)21-17-8-3-2-4-9-17/h2-4,8-13,15,19-20H,5-7,14H2,1H3. The first-order valence-corrected chi connectivity index (χ1v) is 7.85. The first kappa shape index (κ1) is 14.2. The van der Waals surface area contributed by atoms with E-state index in [1.807, 2.05) is 30.3 Å². The molecule has 2 aromatic rings. The highest BCUT2D eigenvalue weighted by atomic mass is 16.5. The summed E-state index contributed by atoms with van der Waals surface area (Å²) in [5.74, 6) is 2.68. The fourth-order valence-corrected chi connectivity index (χ4v) is 2.88. The molecule has 1 N–H and O–H groups in total. The normalized spacial score (nSPS) is 16.2. The monoisotopic (exact) mass is 281 g/mol. The van der Waals surface area contributed by atoms with E-state index in [0.717, 1.165) is 17.4 Å². The largest absolute Gasteiger partial charge is 0.457 e. The molecule has 1 aliphatic rings. The molecule has 0 spiro atoms. The fraction of sp³-hybridized carbons (Fsp3) is 0.368. The van der Waals surface area contributed by atoms with Crippen molar-refractivity contribution < 1.29 is 4.74 Å². The summed E-state index contributed by atoms with van der Waals surface area (Å²) >= 11 is 0. The van der Waals surface area contributed by atoms with Gasteiger partial charge in [-0.15, -0.1) is 0 Å². The third kappa shape index (κ3) is 3.64. The van der Waals surface area contributed by atoms with Crippen molar-refractivity contribution in [3.05, 3.63) is 60.2 Å². The Morgan fingerprint density at radius 1 is 1.00 bits per heavy atom. The zero-order chi connectivity index (χ0) is 14.5.